The van der Waals surface area contributed by atoms with E-state index < -0.39 is 12.6 Å². The molecule has 0 spiro atoms. The van der Waals surface area contributed by atoms with Crippen LogP contribution < -0.4 is 5.32 Å². The van der Waals surface area contributed by atoms with Gasteiger partial charge in [-0.3, -0.25) is 0 Å². The molecule has 2 rings (SSSR count). The van der Waals surface area contributed by atoms with Gasteiger partial charge in [0.1, 0.15) is 16.5 Å². The van der Waals surface area contributed by atoms with Gasteiger partial charge in [0, 0.05) is 17.8 Å². The summed E-state index contributed by atoms with van der Waals surface area (Å²) in [5.74, 6) is 0.858. The van der Waals surface area contributed by atoms with Crippen molar-refractivity contribution >= 4 is 27.4 Å². The van der Waals surface area contributed by atoms with Gasteiger partial charge in [-0.05, 0) is 19.9 Å². The molecule has 0 aromatic carbocycles. The lowest BCUT2D eigenvalue weighted by Gasteiger charge is -2.08. The highest BCUT2D eigenvalue weighted by atomic mass is 32.1. The molecule has 0 fully saturated rings. The molecule has 3 nitrogen and oxygen atoms in total. The van der Waals surface area contributed by atoms with Gasteiger partial charge in [-0.1, -0.05) is 0 Å². The molecule has 2 aromatic rings. The maximum atomic E-state index is 12.2. The van der Waals surface area contributed by atoms with E-state index in [1.54, 1.807) is 0 Å². The molecule has 2 heterocycles. The van der Waals surface area contributed by atoms with E-state index >= 15 is 0 Å². The van der Waals surface area contributed by atoms with Crippen LogP contribution in [-0.4, -0.2) is 22.7 Å². The number of nitrogens with one attached hydrogen (secondary N) is 1. The third kappa shape index (κ3) is 3.56. The lowest BCUT2D eigenvalue weighted by atomic mass is 10.2. The Morgan fingerprint density at radius 3 is 2.68 bits per heavy atom. The number of nitrogens with zero attached hydrogens (tertiary/aromatic N) is 2. The van der Waals surface area contributed by atoms with E-state index in [2.05, 4.69) is 15.3 Å². The first-order valence-electron chi connectivity index (χ1n) is 5.96. The first kappa shape index (κ1) is 14.0. The SMILES string of the molecule is CCNc1nc(CCC(F)(F)F)nc2sc(C)cc12. The van der Waals surface area contributed by atoms with Crippen LogP contribution in [0.4, 0.5) is 19.0 Å². The van der Waals surface area contributed by atoms with E-state index in [-0.39, 0.29) is 12.2 Å². The summed E-state index contributed by atoms with van der Waals surface area (Å²) in [5.41, 5.74) is 0. The summed E-state index contributed by atoms with van der Waals surface area (Å²) in [6.07, 6.45) is -5.26. The van der Waals surface area contributed by atoms with Crippen LogP contribution in [0, 0.1) is 6.92 Å². The molecule has 0 aliphatic rings. The number of thiophene rings is 1. The standard InChI is InChI=1S/C12H14F3N3S/c1-3-16-10-8-6-7(2)19-11(8)18-9(17-10)4-5-12(13,14)15/h6H,3-5H2,1-2H3,(H,16,17,18). The van der Waals surface area contributed by atoms with Gasteiger partial charge in [0.05, 0.1) is 11.8 Å². The second-order valence-electron chi connectivity index (χ2n) is 4.21. The number of aryl methyl sites for hydroxylation is 2. The zero-order chi connectivity index (χ0) is 14.0. The van der Waals surface area contributed by atoms with Gasteiger partial charge in [-0.15, -0.1) is 11.3 Å². The van der Waals surface area contributed by atoms with Gasteiger partial charge in [0.15, 0.2) is 0 Å². The van der Waals surface area contributed by atoms with E-state index in [4.69, 9.17) is 0 Å². The van der Waals surface area contributed by atoms with Crippen molar-refractivity contribution < 1.29 is 13.2 Å². The fraction of sp³-hybridized carbons (Fsp3) is 0.500. The van der Waals surface area contributed by atoms with E-state index in [0.29, 0.717) is 12.4 Å². The number of fused-ring (bicyclic) bond motifs is 1. The van der Waals surface area contributed by atoms with Crippen LogP contribution in [0.25, 0.3) is 10.2 Å². The molecule has 2 aromatic heterocycles. The monoisotopic (exact) mass is 289 g/mol. The third-order valence-electron chi connectivity index (χ3n) is 2.54. The molecular weight excluding hydrogens is 275 g/mol. The van der Waals surface area contributed by atoms with Crippen LogP contribution >= 0.6 is 11.3 Å². The molecule has 0 atom stereocenters. The molecule has 104 valence electrons. The average molecular weight is 289 g/mol. The van der Waals surface area contributed by atoms with Crippen molar-refractivity contribution in [2.45, 2.75) is 32.9 Å². The summed E-state index contributed by atoms with van der Waals surface area (Å²) < 4.78 is 36.7. The number of hydrogen-bond donors (Lipinski definition) is 1. The van der Waals surface area contributed by atoms with Crippen LogP contribution in [0.2, 0.25) is 0 Å². The van der Waals surface area contributed by atoms with Gasteiger partial charge >= 0.3 is 6.18 Å². The minimum atomic E-state index is -4.18. The summed E-state index contributed by atoms with van der Waals surface area (Å²) in [6, 6.07) is 1.95. The Morgan fingerprint density at radius 1 is 1.32 bits per heavy atom. The molecule has 19 heavy (non-hydrogen) atoms. The maximum Gasteiger partial charge on any atom is 0.389 e. The first-order chi connectivity index (χ1) is 8.89. The van der Waals surface area contributed by atoms with Gasteiger partial charge < -0.3 is 5.32 Å². The number of anilines is 1. The number of alkyl halides is 3. The number of rotatable bonds is 4. The van der Waals surface area contributed by atoms with Crippen LogP contribution in [0.3, 0.4) is 0 Å². The highest BCUT2D eigenvalue weighted by Gasteiger charge is 2.27. The van der Waals surface area contributed by atoms with Gasteiger partial charge in [-0.2, -0.15) is 13.2 Å². The van der Waals surface area contributed by atoms with Crippen molar-refractivity contribution in [3.63, 3.8) is 0 Å². The highest BCUT2D eigenvalue weighted by Crippen LogP contribution is 2.29. The smallest absolute Gasteiger partial charge is 0.370 e. The van der Waals surface area contributed by atoms with Crippen molar-refractivity contribution in [3.05, 3.63) is 16.8 Å². The second-order valence-corrected chi connectivity index (χ2v) is 5.44. The second kappa shape index (κ2) is 5.32. The Kier molecular flexibility index (Phi) is 3.93. The number of hydrogen-bond acceptors (Lipinski definition) is 4. The predicted octanol–water partition coefficient (Wildman–Crippen LogP) is 3.93. The minimum absolute atomic E-state index is 0.186. The van der Waals surface area contributed by atoms with Crippen molar-refractivity contribution in [2.24, 2.45) is 0 Å². The average Bonchev–Trinajstić information content (AvgIpc) is 2.66. The molecule has 0 aliphatic heterocycles. The van der Waals surface area contributed by atoms with Crippen LogP contribution in [0.5, 0.6) is 0 Å². The Hall–Kier alpha value is -1.37. The third-order valence-corrected chi connectivity index (χ3v) is 3.48. The predicted molar refractivity (Wildman–Crippen MR) is 70.7 cm³/mol. The van der Waals surface area contributed by atoms with E-state index in [1.165, 1.54) is 11.3 Å². The molecule has 0 amide bonds. The van der Waals surface area contributed by atoms with Crippen molar-refractivity contribution in [2.75, 3.05) is 11.9 Å². The molecular formula is C12H14F3N3S. The normalized spacial score (nSPS) is 12.1. The topological polar surface area (TPSA) is 37.8 Å². The summed E-state index contributed by atoms with van der Waals surface area (Å²) in [6.45, 7) is 4.53. The molecule has 0 unspecified atom stereocenters. The molecule has 0 saturated heterocycles. The maximum absolute atomic E-state index is 12.2. The van der Waals surface area contributed by atoms with Gasteiger partial charge in [0.25, 0.3) is 0 Å². The first-order valence-corrected chi connectivity index (χ1v) is 6.78. The Balaban J connectivity index is 2.34. The van der Waals surface area contributed by atoms with Crippen molar-refractivity contribution in [3.8, 4) is 0 Å². The quantitative estimate of drug-likeness (QED) is 0.926. The number of aromatic nitrogens is 2. The Morgan fingerprint density at radius 2 is 2.05 bits per heavy atom. The van der Waals surface area contributed by atoms with Gasteiger partial charge in [0.2, 0.25) is 0 Å². The molecule has 0 aliphatic carbocycles. The van der Waals surface area contributed by atoms with Crippen LogP contribution in [-0.2, 0) is 6.42 Å². The fourth-order valence-corrected chi connectivity index (χ4v) is 2.65. The Bertz CT molecular complexity index is 577. The van der Waals surface area contributed by atoms with Gasteiger partial charge in [-0.25, -0.2) is 9.97 Å². The molecule has 0 radical (unpaired) electrons. The zero-order valence-electron chi connectivity index (χ0n) is 10.6. The van der Waals surface area contributed by atoms with Crippen LogP contribution in [0.15, 0.2) is 6.07 Å². The molecule has 1 N–H and O–H groups in total. The lowest BCUT2D eigenvalue weighted by Crippen LogP contribution is -2.11. The fourth-order valence-electron chi connectivity index (χ4n) is 1.75. The van der Waals surface area contributed by atoms with Crippen molar-refractivity contribution in [1.82, 2.24) is 9.97 Å². The summed E-state index contributed by atoms with van der Waals surface area (Å²) in [7, 11) is 0. The van der Waals surface area contributed by atoms with E-state index in [1.807, 2.05) is 19.9 Å². The van der Waals surface area contributed by atoms with Crippen LogP contribution in [0.1, 0.15) is 24.0 Å². The number of halogens is 3. The highest BCUT2D eigenvalue weighted by molar-refractivity contribution is 7.18. The minimum Gasteiger partial charge on any atom is -0.370 e. The Labute approximate surface area is 112 Å². The molecule has 0 saturated carbocycles. The van der Waals surface area contributed by atoms with E-state index in [0.717, 1.165) is 15.1 Å². The summed E-state index contributed by atoms with van der Waals surface area (Å²) in [5, 5.41) is 3.95. The largest absolute Gasteiger partial charge is 0.389 e. The van der Waals surface area contributed by atoms with Crippen molar-refractivity contribution in [1.29, 1.82) is 0 Å². The lowest BCUT2D eigenvalue weighted by molar-refractivity contribution is -0.134. The summed E-state index contributed by atoms with van der Waals surface area (Å²) in [4.78, 5) is 10.2. The van der Waals surface area contributed by atoms with E-state index in [9.17, 15) is 13.2 Å². The molecule has 0 bridgehead atoms. The summed E-state index contributed by atoms with van der Waals surface area (Å²) >= 11 is 1.47. The zero-order valence-corrected chi connectivity index (χ0v) is 11.5. The molecule has 7 heteroatoms.